The van der Waals surface area contributed by atoms with Gasteiger partial charge >= 0.3 is 0 Å². The first-order valence-electron chi connectivity index (χ1n) is 4.80. The van der Waals surface area contributed by atoms with Crippen LogP contribution < -0.4 is 0 Å². The van der Waals surface area contributed by atoms with Crippen LogP contribution in [0.1, 0.15) is 44.9 Å². The van der Waals surface area contributed by atoms with Gasteiger partial charge in [0.15, 0.2) is 0 Å². The van der Waals surface area contributed by atoms with E-state index in [1.54, 1.807) is 0 Å². The Hall–Kier alpha value is -0.400. The van der Waals surface area contributed by atoms with Crippen LogP contribution in [0.3, 0.4) is 0 Å². The van der Waals surface area contributed by atoms with Crippen molar-refractivity contribution in [2.75, 3.05) is 0 Å². The maximum atomic E-state index is 11.5. The van der Waals surface area contributed by atoms with Gasteiger partial charge in [-0.1, -0.05) is 32.1 Å². The Balaban J connectivity index is 1.78. The fourth-order valence-electron chi connectivity index (χ4n) is 1.37. The summed E-state index contributed by atoms with van der Waals surface area (Å²) in [5.41, 5.74) is 0. The molecule has 2 heteroatoms. The SMILES string of the molecule is FC(F)=CCCCCCC1CC1. The summed E-state index contributed by atoms with van der Waals surface area (Å²) in [5.74, 6) is 0.985. The first-order valence-corrected chi connectivity index (χ1v) is 4.80. The van der Waals surface area contributed by atoms with E-state index >= 15 is 0 Å². The van der Waals surface area contributed by atoms with E-state index in [0.717, 1.165) is 24.8 Å². The molecular weight excluding hydrogens is 158 g/mol. The van der Waals surface area contributed by atoms with E-state index in [-0.39, 0.29) is 0 Å². The summed E-state index contributed by atoms with van der Waals surface area (Å²) < 4.78 is 23.1. The van der Waals surface area contributed by atoms with Gasteiger partial charge in [-0.3, -0.25) is 0 Å². The quantitative estimate of drug-likeness (QED) is 0.531. The van der Waals surface area contributed by atoms with E-state index < -0.39 is 6.08 Å². The third-order valence-corrected chi connectivity index (χ3v) is 2.31. The number of allylic oxidation sites excluding steroid dienone is 1. The maximum Gasteiger partial charge on any atom is 0.266 e. The molecule has 1 fully saturated rings. The van der Waals surface area contributed by atoms with E-state index in [4.69, 9.17) is 0 Å². The first-order chi connectivity index (χ1) is 5.79. The highest BCUT2D eigenvalue weighted by atomic mass is 19.3. The molecule has 0 aromatic heterocycles. The summed E-state index contributed by atoms with van der Waals surface area (Å²) in [6, 6.07) is 0. The van der Waals surface area contributed by atoms with Gasteiger partial charge in [-0.15, -0.1) is 0 Å². The number of halogens is 2. The van der Waals surface area contributed by atoms with E-state index in [0.29, 0.717) is 6.42 Å². The molecule has 0 heterocycles. The van der Waals surface area contributed by atoms with Crippen molar-refractivity contribution in [1.82, 2.24) is 0 Å². The Morgan fingerprint density at radius 2 is 1.92 bits per heavy atom. The second-order valence-corrected chi connectivity index (χ2v) is 3.58. The van der Waals surface area contributed by atoms with Crippen molar-refractivity contribution in [2.45, 2.75) is 44.9 Å². The zero-order valence-corrected chi connectivity index (χ0v) is 7.36. The highest BCUT2D eigenvalue weighted by molar-refractivity contribution is 4.80. The molecule has 0 saturated heterocycles. The van der Waals surface area contributed by atoms with E-state index in [1.165, 1.54) is 25.7 Å². The summed E-state index contributed by atoms with van der Waals surface area (Å²) in [5, 5.41) is 0. The number of unbranched alkanes of at least 4 members (excludes halogenated alkanes) is 3. The first kappa shape index (κ1) is 9.69. The molecule has 0 spiro atoms. The van der Waals surface area contributed by atoms with Gasteiger partial charge in [-0.2, -0.15) is 8.78 Å². The third-order valence-electron chi connectivity index (χ3n) is 2.31. The fraction of sp³-hybridized carbons (Fsp3) is 0.800. The molecule has 1 rings (SSSR count). The molecule has 1 aliphatic rings. The second kappa shape index (κ2) is 5.28. The van der Waals surface area contributed by atoms with Gasteiger partial charge in [0, 0.05) is 0 Å². The summed E-state index contributed by atoms with van der Waals surface area (Å²) in [6.45, 7) is 0. The second-order valence-electron chi connectivity index (χ2n) is 3.58. The van der Waals surface area contributed by atoms with Crippen LogP contribution in [-0.2, 0) is 0 Å². The van der Waals surface area contributed by atoms with Gasteiger partial charge in [0.25, 0.3) is 6.08 Å². The van der Waals surface area contributed by atoms with Crippen molar-refractivity contribution in [3.05, 3.63) is 12.2 Å². The molecule has 0 bridgehead atoms. The van der Waals surface area contributed by atoms with Crippen LogP contribution in [0.15, 0.2) is 12.2 Å². The summed E-state index contributed by atoms with van der Waals surface area (Å²) in [6.07, 6.45) is 7.43. The van der Waals surface area contributed by atoms with Gasteiger partial charge in [0.2, 0.25) is 0 Å². The van der Waals surface area contributed by atoms with Crippen molar-refractivity contribution < 1.29 is 8.78 Å². The molecule has 0 amide bonds. The zero-order chi connectivity index (χ0) is 8.81. The van der Waals surface area contributed by atoms with Crippen LogP contribution in [0.25, 0.3) is 0 Å². The summed E-state index contributed by atoms with van der Waals surface area (Å²) in [4.78, 5) is 0. The minimum atomic E-state index is -1.53. The van der Waals surface area contributed by atoms with Crippen molar-refractivity contribution in [1.29, 1.82) is 0 Å². The van der Waals surface area contributed by atoms with E-state index in [2.05, 4.69) is 0 Å². The van der Waals surface area contributed by atoms with Gasteiger partial charge < -0.3 is 0 Å². The van der Waals surface area contributed by atoms with Gasteiger partial charge in [0.1, 0.15) is 0 Å². The maximum absolute atomic E-state index is 11.5. The van der Waals surface area contributed by atoms with E-state index in [1.807, 2.05) is 0 Å². The van der Waals surface area contributed by atoms with Gasteiger partial charge in [-0.25, -0.2) is 0 Å². The van der Waals surface area contributed by atoms with Crippen molar-refractivity contribution in [3.63, 3.8) is 0 Å². The average molecular weight is 174 g/mol. The minimum Gasteiger partial charge on any atom is -0.174 e. The van der Waals surface area contributed by atoms with E-state index in [9.17, 15) is 8.78 Å². The predicted octanol–water partition coefficient (Wildman–Crippen LogP) is 4.13. The highest BCUT2D eigenvalue weighted by Gasteiger charge is 2.19. The Bertz CT molecular complexity index is 144. The topological polar surface area (TPSA) is 0 Å². The normalized spacial score (nSPS) is 16.2. The standard InChI is InChI=1S/C10H16F2/c11-10(12)6-4-2-1-3-5-9-7-8-9/h6,9H,1-5,7-8H2. The highest BCUT2D eigenvalue weighted by Crippen LogP contribution is 2.34. The molecule has 0 unspecified atom stereocenters. The zero-order valence-electron chi connectivity index (χ0n) is 7.36. The third kappa shape index (κ3) is 5.28. The number of rotatable bonds is 6. The van der Waals surface area contributed by atoms with Crippen molar-refractivity contribution in [2.24, 2.45) is 5.92 Å². The molecule has 1 aliphatic carbocycles. The van der Waals surface area contributed by atoms with Crippen LogP contribution in [0, 0.1) is 5.92 Å². The number of hydrogen-bond donors (Lipinski definition) is 0. The van der Waals surface area contributed by atoms with Gasteiger partial charge in [-0.05, 0) is 24.8 Å². The van der Waals surface area contributed by atoms with Crippen molar-refractivity contribution >= 4 is 0 Å². The molecule has 70 valence electrons. The molecule has 0 aromatic rings. The predicted molar refractivity (Wildman–Crippen MR) is 46.1 cm³/mol. The van der Waals surface area contributed by atoms with Crippen LogP contribution in [0.5, 0.6) is 0 Å². The molecule has 0 radical (unpaired) electrons. The largest absolute Gasteiger partial charge is 0.266 e. The Morgan fingerprint density at radius 3 is 2.50 bits per heavy atom. The summed E-state index contributed by atoms with van der Waals surface area (Å²) >= 11 is 0. The molecule has 0 aromatic carbocycles. The summed E-state index contributed by atoms with van der Waals surface area (Å²) in [7, 11) is 0. The Labute approximate surface area is 72.7 Å². The van der Waals surface area contributed by atoms with Crippen LogP contribution in [0.2, 0.25) is 0 Å². The smallest absolute Gasteiger partial charge is 0.174 e. The van der Waals surface area contributed by atoms with Crippen LogP contribution in [-0.4, -0.2) is 0 Å². The lowest BCUT2D eigenvalue weighted by atomic mass is 10.1. The molecule has 12 heavy (non-hydrogen) atoms. The average Bonchev–Trinajstić information content (AvgIpc) is 2.79. The molecule has 0 N–H and O–H groups in total. The number of hydrogen-bond acceptors (Lipinski definition) is 0. The molecular formula is C10H16F2. The van der Waals surface area contributed by atoms with Crippen LogP contribution in [0.4, 0.5) is 8.78 Å². The molecule has 0 atom stereocenters. The monoisotopic (exact) mass is 174 g/mol. The fourth-order valence-corrected chi connectivity index (χ4v) is 1.37. The molecule has 0 aliphatic heterocycles. The molecule has 0 nitrogen and oxygen atoms in total. The van der Waals surface area contributed by atoms with Crippen LogP contribution >= 0.6 is 0 Å². The van der Waals surface area contributed by atoms with Crippen molar-refractivity contribution in [3.8, 4) is 0 Å². The Kier molecular flexibility index (Phi) is 4.26. The lowest BCUT2D eigenvalue weighted by Crippen LogP contribution is -1.79. The minimum absolute atomic E-state index is 0.549. The lowest BCUT2D eigenvalue weighted by Gasteiger charge is -1.96. The van der Waals surface area contributed by atoms with Gasteiger partial charge in [0.05, 0.1) is 0 Å². The molecule has 1 saturated carbocycles. The lowest BCUT2D eigenvalue weighted by molar-refractivity contribution is 0.416. The Morgan fingerprint density at radius 1 is 1.17 bits per heavy atom.